The van der Waals surface area contributed by atoms with Crippen LogP contribution in [0.15, 0.2) is 0 Å². The lowest BCUT2D eigenvalue weighted by molar-refractivity contribution is -0.152. The largest absolute Gasteiger partial charge is 0.481 e. The van der Waals surface area contributed by atoms with E-state index >= 15 is 0 Å². The van der Waals surface area contributed by atoms with Crippen LogP contribution >= 0.6 is 0 Å². The van der Waals surface area contributed by atoms with Crippen molar-refractivity contribution in [2.24, 2.45) is 5.41 Å². The molecule has 6 heteroatoms. The number of carboxylic acids is 1. The van der Waals surface area contributed by atoms with Crippen LogP contribution in [0.3, 0.4) is 0 Å². The number of ether oxygens (including phenoxy) is 1. The minimum Gasteiger partial charge on any atom is -0.481 e. The SMILES string of the molecule is CCC1(C(=O)O)CCN(C(=O)N(C)CCOC(C)C)CC1. The lowest BCUT2D eigenvalue weighted by Crippen LogP contribution is -2.50. The molecule has 0 saturated carbocycles. The Morgan fingerprint density at radius 1 is 1.33 bits per heavy atom. The molecule has 1 fully saturated rings. The number of hydrogen-bond donors (Lipinski definition) is 1. The number of amides is 2. The van der Waals surface area contributed by atoms with Gasteiger partial charge in [-0.05, 0) is 33.1 Å². The molecule has 1 N–H and O–H groups in total. The normalized spacial score (nSPS) is 17.9. The number of likely N-dealkylation sites (tertiary alicyclic amines) is 1. The van der Waals surface area contributed by atoms with Gasteiger partial charge in [-0.2, -0.15) is 0 Å². The predicted molar refractivity (Wildman–Crippen MR) is 80.3 cm³/mol. The van der Waals surface area contributed by atoms with E-state index in [1.807, 2.05) is 20.8 Å². The molecular formula is C15H28N2O4. The third kappa shape index (κ3) is 4.59. The molecule has 6 nitrogen and oxygen atoms in total. The van der Waals surface area contributed by atoms with Crippen LogP contribution in [0.5, 0.6) is 0 Å². The van der Waals surface area contributed by atoms with Crippen molar-refractivity contribution in [3.63, 3.8) is 0 Å². The van der Waals surface area contributed by atoms with E-state index in [1.165, 1.54) is 0 Å². The average molecular weight is 300 g/mol. The van der Waals surface area contributed by atoms with Crippen LogP contribution in [0.25, 0.3) is 0 Å². The Kier molecular flexibility index (Phi) is 6.45. The average Bonchev–Trinajstić information content (AvgIpc) is 2.45. The van der Waals surface area contributed by atoms with Gasteiger partial charge < -0.3 is 19.6 Å². The zero-order valence-corrected chi connectivity index (χ0v) is 13.6. The number of aliphatic carboxylic acids is 1. The number of carbonyl (C=O) groups excluding carboxylic acids is 1. The Hall–Kier alpha value is -1.30. The molecule has 1 heterocycles. The third-order valence-electron chi connectivity index (χ3n) is 4.33. The molecule has 0 aromatic carbocycles. The summed E-state index contributed by atoms with van der Waals surface area (Å²) in [7, 11) is 1.75. The molecule has 1 aliphatic heterocycles. The van der Waals surface area contributed by atoms with Crippen molar-refractivity contribution < 1.29 is 19.4 Å². The van der Waals surface area contributed by atoms with Crippen LogP contribution < -0.4 is 0 Å². The Bertz CT molecular complexity index is 363. The van der Waals surface area contributed by atoms with Gasteiger partial charge in [0.15, 0.2) is 0 Å². The van der Waals surface area contributed by atoms with Crippen LogP contribution in [-0.4, -0.2) is 66.3 Å². The standard InChI is InChI=1S/C15H28N2O4/c1-5-15(13(18)19)6-8-17(9-7-15)14(20)16(4)10-11-21-12(2)3/h12H,5-11H2,1-4H3,(H,18,19). The number of piperidine rings is 1. The molecule has 0 aromatic rings. The molecular weight excluding hydrogens is 272 g/mol. The molecule has 122 valence electrons. The zero-order valence-electron chi connectivity index (χ0n) is 13.6. The Balaban J connectivity index is 2.46. The van der Waals surface area contributed by atoms with Gasteiger partial charge in [0.25, 0.3) is 0 Å². The maximum Gasteiger partial charge on any atom is 0.319 e. The summed E-state index contributed by atoms with van der Waals surface area (Å²) in [6.45, 7) is 7.90. The first-order valence-corrected chi connectivity index (χ1v) is 7.67. The van der Waals surface area contributed by atoms with Gasteiger partial charge in [-0.1, -0.05) is 6.92 Å². The summed E-state index contributed by atoms with van der Waals surface area (Å²) in [4.78, 5) is 27.1. The first-order chi connectivity index (χ1) is 9.82. The van der Waals surface area contributed by atoms with E-state index < -0.39 is 11.4 Å². The van der Waals surface area contributed by atoms with Crippen LogP contribution in [0.1, 0.15) is 40.0 Å². The van der Waals surface area contributed by atoms with Gasteiger partial charge in [-0.3, -0.25) is 4.79 Å². The number of rotatable bonds is 6. The fourth-order valence-electron chi connectivity index (χ4n) is 2.61. The van der Waals surface area contributed by atoms with Gasteiger partial charge in [0, 0.05) is 26.7 Å². The van der Waals surface area contributed by atoms with Crippen molar-refractivity contribution in [3.8, 4) is 0 Å². The summed E-state index contributed by atoms with van der Waals surface area (Å²) >= 11 is 0. The molecule has 0 unspecified atom stereocenters. The quantitative estimate of drug-likeness (QED) is 0.815. The molecule has 0 bridgehead atoms. The van der Waals surface area contributed by atoms with Crippen molar-refractivity contribution in [2.75, 3.05) is 33.3 Å². The van der Waals surface area contributed by atoms with Crippen molar-refractivity contribution in [3.05, 3.63) is 0 Å². The summed E-state index contributed by atoms with van der Waals surface area (Å²) in [5, 5.41) is 9.36. The summed E-state index contributed by atoms with van der Waals surface area (Å²) < 4.78 is 5.44. The minimum absolute atomic E-state index is 0.0440. The minimum atomic E-state index is -0.740. The first-order valence-electron chi connectivity index (χ1n) is 7.67. The molecule has 0 atom stereocenters. The molecule has 2 amide bonds. The second kappa shape index (κ2) is 7.64. The fraction of sp³-hybridized carbons (Fsp3) is 0.867. The van der Waals surface area contributed by atoms with E-state index in [0.717, 1.165) is 0 Å². The molecule has 1 rings (SSSR count). The lowest BCUT2D eigenvalue weighted by Gasteiger charge is -2.39. The van der Waals surface area contributed by atoms with Crippen molar-refractivity contribution in [1.82, 2.24) is 9.80 Å². The molecule has 0 aliphatic carbocycles. The number of carboxylic acid groups (broad SMARTS) is 1. The summed E-state index contributed by atoms with van der Waals surface area (Å²) in [6, 6.07) is -0.0440. The molecule has 0 radical (unpaired) electrons. The van der Waals surface area contributed by atoms with E-state index in [1.54, 1.807) is 16.8 Å². The molecule has 1 aliphatic rings. The number of nitrogens with zero attached hydrogens (tertiary/aromatic N) is 2. The van der Waals surface area contributed by atoms with Crippen molar-refractivity contribution in [1.29, 1.82) is 0 Å². The second-order valence-corrected chi connectivity index (χ2v) is 6.05. The lowest BCUT2D eigenvalue weighted by atomic mass is 9.76. The summed E-state index contributed by atoms with van der Waals surface area (Å²) in [6.07, 6.45) is 1.83. The topological polar surface area (TPSA) is 70.1 Å². The smallest absolute Gasteiger partial charge is 0.319 e. The fourth-order valence-corrected chi connectivity index (χ4v) is 2.61. The first kappa shape index (κ1) is 17.8. The zero-order chi connectivity index (χ0) is 16.0. The van der Waals surface area contributed by atoms with Gasteiger partial charge in [0.1, 0.15) is 0 Å². The van der Waals surface area contributed by atoms with Gasteiger partial charge in [0.2, 0.25) is 0 Å². The molecule has 21 heavy (non-hydrogen) atoms. The maximum absolute atomic E-state index is 12.3. The van der Waals surface area contributed by atoms with Gasteiger partial charge in [-0.25, -0.2) is 4.79 Å². The number of carbonyl (C=O) groups is 2. The third-order valence-corrected chi connectivity index (χ3v) is 4.33. The van der Waals surface area contributed by atoms with E-state index in [0.29, 0.717) is 45.5 Å². The number of hydrogen-bond acceptors (Lipinski definition) is 3. The highest BCUT2D eigenvalue weighted by Gasteiger charge is 2.41. The second-order valence-electron chi connectivity index (χ2n) is 6.05. The van der Waals surface area contributed by atoms with Crippen molar-refractivity contribution in [2.45, 2.75) is 46.1 Å². The van der Waals surface area contributed by atoms with Crippen LogP contribution in [0.2, 0.25) is 0 Å². The van der Waals surface area contributed by atoms with E-state index in [4.69, 9.17) is 4.74 Å². The molecule has 0 spiro atoms. The van der Waals surface area contributed by atoms with Crippen molar-refractivity contribution >= 4 is 12.0 Å². The highest BCUT2D eigenvalue weighted by molar-refractivity contribution is 5.77. The number of likely N-dealkylation sites (N-methyl/N-ethyl adjacent to an activating group) is 1. The van der Waals surface area contributed by atoms with Gasteiger partial charge >= 0.3 is 12.0 Å². The Morgan fingerprint density at radius 2 is 1.90 bits per heavy atom. The highest BCUT2D eigenvalue weighted by atomic mass is 16.5. The van der Waals surface area contributed by atoms with E-state index in [-0.39, 0.29) is 12.1 Å². The van der Waals surface area contributed by atoms with Crippen LogP contribution in [0.4, 0.5) is 4.79 Å². The monoisotopic (exact) mass is 300 g/mol. The predicted octanol–water partition coefficient (Wildman–Crippen LogP) is 2.04. The van der Waals surface area contributed by atoms with E-state index in [2.05, 4.69) is 0 Å². The maximum atomic E-state index is 12.3. The number of urea groups is 1. The van der Waals surface area contributed by atoms with Gasteiger partial charge in [0.05, 0.1) is 18.1 Å². The van der Waals surface area contributed by atoms with Gasteiger partial charge in [-0.15, -0.1) is 0 Å². The summed E-state index contributed by atoms with van der Waals surface area (Å²) in [5.74, 6) is -0.740. The van der Waals surface area contributed by atoms with Crippen LogP contribution in [0, 0.1) is 5.41 Å². The molecule has 0 aromatic heterocycles. The van der Waals surface area contributed by atoms with Crippen LogP contribution in [-0.2, 0) is 9.53 Å². The highest BCUT2D eigenvalue weighted by Crippen LogP contribution is 2.35. The molecule has 1 saturated heterocycles. The van der Waals surface area contributed by atoms with E-state index in [9.17, 15) is 14.7 Å². The summed E-state index contributed by atoms with van der Waals surface area (Å²) in [5.41, 5.74) is -0.657. The Morgan fingerprint density at radius 3 is 2.33 bits per heavy atom. The Labute approximate surface area is 127 Å².